The fraction of sp³-hybridized carbons (Fsp3) is 0.750. The Kier molecular flexibility index (Phi) is 4.33. The summed E-state index contributed by atoms with van der Waals surface area (Å²) in [6.45, 7) is 8.38. The van der Waals surface area contributed by atoms with Crippen molar-refractivity contribution in [2.75, 3.05) is 6.54 Å². The van der Waals surface area contributed by atoms with E-state index < -0.39 is 0 Å². The van der Waals surface area contributed by atoms with Crippen LogP contribution in [0.25, 0.3) is 0 Å². The molecule has 0 amide bonds. The first kappa shape index (κ1) is 12.2. The minimum Gasteiger partial charge on any atom is -0.335 e. The molecule has 1 aromatic rings. The molecule has 0 radical (unpaired) electrons. The molecule has 0 fully saturated rings. The molecule has 0 aromatic carbocycles. The SMILES string of the molecule is CCCc1nccn1CCC(C)(C)CN. The summed E-state index contributed by atoms with van der Waals surface area (Å²) < 4.78 is 2.25. The van der Waals surface area contributed by atoms with E-state index in [0.717, 1.165) is 32.4 Å². The Balaban J connectivity index is 2.53. The van der Waals surface area contributed by atoms with E-state index in [2.05, 4.69) is 36.5 Å². The Hall–Kier alpha value is -0.830. The molecule has 2 N–H and O–H groups in total. The van der Waals surface area contributed by atoms with Gasteiger partial charge in [0, 0.05) is 25.4 Å². The van der Waals surface area contributed by atoms with Crippen LogP contribution in [0.5, 0.6) is 0 Å². The van der Waals surface area contributed by atoms with E-state index in [1.165, 1.54) is 5.82 Å². The molecule has 3 nitrogen and oxygen atoms in total. The van der Waals surface area contributed by atoms with Gasteiger partial charge in [-0.2, -0.15) is 0 Å². The highest BCUT2D eigenvalue weighted by molar-refractivity contribution is 4.92. The molecular formula is C12H23N3. The number of rotatable bonds is 6. The molecular weight excluding hydrogens is 186 g/mol. The van der Waals surface area contributed by atoms with Crippen LogP contribution >= 0.6 is 0 Å². The minimum atomic E-state index is 0.230. The molecule has 0 bridgehead atoms. The Morgan fingerprint density at radius 1 is 1.47 bits per heavy atom. The van der Waals surface area contributed by atoms with Crippen LogP contribution in [0.4, 0.5) is 0 Å². The summed E-state index contributed by atoms with van der Waals surface area (Å²) >= 11 is 0. The van der Waals surface area contributed by atoms with Crippen molar-refractivity contribution in [3.05, 3.63) is 18.2 Å². The highest BCUT2D eigenvalue weighted by atomic mass is 15.1. The second-order valence-corrected chi connectivity index (χ2v) is 4.91. The van der Waals surface area contributed by atoms with Crippen LogP contribution in [-0.2, 0) is 13.0 Å². The lowest BCUT2D eigenvalue weighted by molar-refractivity contribution is 0.322. The smallest absolute Gasteiger partial charge is 0.108 e. The zero-order valence-electron chi connectivity index (χ0n) is 10.2. The normalized spacial score (nSPS) is 12.0. The van der Waals surface area contributed by atoms with Crippen LogP contribution in [0.2, 0.25) is 0 Å². The average molecular weight is 209 g/mol. The average Bonchev–Trinajstić information content (AvgIpc) is 2.64. The van der Waals surface area contributed by atoms with Crippen LogP contribution in [0.15, 0.2) is 12.4 Å². The molecule has 0 unspecified atom stereocenters. The van der Waals surface area contributed by atoms with Crippen molar-refractivity contribution in [1.82, 2.24) is 9.55 Å². The van der Waals surface area contributed by atoms with E-state index in [4.69, 9.17) is 5.73 Å². The van der Waals surface area contributed by atoms with Gasteiger partial charge in [-0.15, -0.1) is 0 Å². The first-order valence-electron chi connectivity index (χ1n) is 5.79. The highest BCUT2D eigenvalue weighted by Gasteiger charge is 2.15. The van der Waals surface area contributed by atoms with Crippen LogP contribution in [0.1, 0.15) is 39.4 Å². The summed E-state index contributed by atoms with van der Waals surface area (Å²) in [7, 11) is 0. The van der Waals surface area contributed by atoms with Crippen molar-refractivity contribution in [1.29, 1.82) is 0 Å². The Morgan fingerprint density at radius 3 is 2.80 bits per heavy atom. The van der Waals surface area contributed by atoms with Gasteiger partial charge in [-0.1, -0.05) is 20.8 Å². The molecule has 0 saturated carbocycles. The van der Waals surface area contributed by atoms with Crippen LogP contribution in [0.3, 0.4) is 0 Å². The van der Waals surface area contributed by atoms with Gasteiger partial charge < -0.3 is 10.3 Å². The number of aromatic nitrogens is 2. The van der Waals surface area contributed by atoms with Gasteiger partial charge >= 0.3 is 0 Å². The largest absolute Gasteiger partial charge is 0.335 e. The second-order valence-electron chi connectivity index (χ2n) is 4.91. The van der Waals surface area contributed by atoms with Gasteiger partial charge in [-0.05, 0) is 24.8 Å². The fourth-order valence-corrected chi connectivity index (χ4v) is 1.52. The lowest BCUT2D eigenvalue weighted by Crippen LogP contribution is -2.25. The first-order valence-corrected chi connectivity index (χ1v) is 5.79. The van der Waals surface area contributed by atoms with Crippen LogP contribution in [0, 0.1) is 5.41 Å². The summed E-state index contributed by atoms with van der Waals surface area (Å²) in [4.78, 5) is 4.36. The number of nitrogens with zero attached hydrogens (tertiary/aromatic N) is 2. The molecule has 1 heterocycles. The molecule has 0 aliphatic rings. The third-order valence-corrected chi connectivity index (χ3v) is 2.86. The molecule has 15 heavy (non-hydrogen) atoms. The molecule has 3 heteroatoms. The molecule has 0 aliphatic carbocycles. The number of aryl methyl sites for hydroxylation is 2. The van der Waals surface area contributed by atoms with Crippen molar-refractivity contribution in [3.63, 3.8) is 0 Å². The predicted molar refractivity (Wildman–Crippen MR) is 63.7 cm³/mol. The summed E-state index contributed by atoms with van der Waals surface area (Å²) in [5.41, 5.74) is 5.95. The molecule has 1 rings (SSSR count). The maximum absolute atomic E-state index is 5.72. The number of hydrogen-bond acceptors (Lipinski definition) is 2. The molecule has 0 atom stereocenters. The van der Waals surface area contributed by atoms with E-state index in [0.29, 0.717) is 0 Å². The summed E-state index contributed by atoms with van der Waals surface area (Å²) in [5, 5.41) is 0. The van der Waals surface area contributed by atoms with Crippen molar-refractivity contribution in [2.24, 2.45) is 11.1 Å². The first-order chi connectivity index (χ1) is 7.09. The summed E-state index contributed by atoms with van der Waals surface area (Å²) in [6, 6.07) is 0. The van der Waals surface area contributed by atoms with Gasteiger partial charge in [0.2, 0.25) is 0 Å². The van der Waals surface area contributed by atoms with Crippen molar-refractivity contribution < 1.29 is 0 Å². The van der Waals surface area contributed by atoms with Crippen molar-refractivity contribution >= 4 is 0 Å². The molecule has 0 saturated heterocycles. The van der Waals surface area contributed by atoms with Crippen molar-refractivity contribution in [3.8, 4) is 0 Å². The van der Waals surface area contributed by atoms with E-state index in [1.807, 2.05) is 6.20 Å². The highest BCUT2D eigenvalue weighted by Crippen LogP contribution is 2.19. The number of nitrogens with two attached hydrogens (primary N) is 1. The van der Waals surface area contributed by atoms with E-state index in [9.17, 15) is 0 Å². The van der Waals surface area contributed by atoms with E-state index in [-0.39, 0.29) is 5.41 Å². The standard InChI is InChI=1S/C12H23N3/c1-4-5-11-14-7-9-15(11)8-6-12(2,3)10-13/h7,9H,4-6,8,10,13H2,1-3H3. The molecule has 0 spiro atoms. The maximum Gasteiger partial charge on any atom is 0.108 e. The second kappa shape index (κ2) is 5.31. The Morgan fingerprint density at radius 2 is 2.20 bits per heavy atom. The van der Waals surface area contributed by atoms with Crippen LogP contribution < -0.4 is 5.73 Å². The van der Waals surface area contributed by atoms with Gasteiger partial charge in [-0.25, -0.2) is 4.98 Å². The van der Waals surface area contributed by atoms with Gasteiger partial charge in [0.05, 0.1) is 0 Å². The number of hydrogen-bond donors (Lipinski definition) is 1. The lowest BCUT2D eigenvalue weighted by Gasteiger charge is -2.22. The van der Waals surface area contributed by atoms with E-state index >= 15 is 0 Å². The van der Waals surface area contributed by atoms with Crippen molar-refractivity contribution in [2.45, 2.75) is 46.6 Å². The molecule has 86 valence electrons. The lowest BCUT2D eigenvalue weighted by atomic mass is 9.90. The fourth-order valence-electron chi connectivity index (χ4n) is 1.52. The maximum atomic E-state index is 5.72. The topological polar surface area (TPSA) is 43.8 Å². The Labute approximate surface area is 92.7 Å². The van der Waals surface area contributed by atoms with Crippen LogP contribution in [-0.4, -0.2) is 16.1 Å². The summed E-state index contributed by atoms with van der Waals surface area (Å²) in [6.07, 6.45) is 7.28. The zero-order chi connectivity index (χ0) is 11.3. The molecule has 1 aromatic heterocycles. The number of imidazole rings is 1. The predicted octanol–water partition coefficient (Wildman–Crippen LogP) is 2.21. The van der Waals surface area contributed by atoms with Gasteiger partial charge in [-0.3, -0.25) is 0 Å². The third-order valence-electron chi connectivity index (χ3n) is 2.86. The molecule has 0 aliphatic heterocycles. The quantitative estimate of drug-likeness (QED) is 0.780. The Bertz CT molecular complexity index is 289. The zero-order valence-corrected chi connectivity index (χ0v) is 10.2. The monoisotopic (exact) mass is 209 g/mol. The van der Waals surface area contributed by atoms with E-state index in [1.54, 1.807) is 0 Å². The third kappa shape index (κ3) is 3.67. The minimum absolute atomic E-state index is 0.230. The van der Waals surface area contributed by atoms with Gasteiger partial charge in [0.25, 0.3) is 0 Å². The van der Waals surface area contributed by atoms with Gasteiger partial charge in [0.15, 0.2) is 0 Å². The van der Waals surface area contributed by atoms with Gasteiger partial charge in [0.1, 0.15) is 5.82 Å². The summed E-state index contributed by atoms with van der Waals surface area (Å²) in [5.74, 6) is 1.20.